The second-order valence-electron chi connectivity index (χ2n) is 5.85. The van der Waals surface area contributed by atoms with Gasteiger partial charge in [-0.1, -0.05) is 13.0 Å². The van der Waals surface area contributed by atoms with Crippen LogP contribution in [0, 0.1) is 11.6 Å². The third-order valence-electron chi connectivity index (χ3n) is 4.28. The molecule has 1 aromatic carbocycles. The van der Waals surface area contributed by atoms with E-state index in [4.69, 9.17) is 0 Å². The average Bonchev–Trinajstić information content (AvgIpc) is 3.00. The fourth-order valence-corrected chi connectivity index (χ4v) is 3.12. The Morgan fingerprint density at radius 3 is 2.85 bits per heavy atom. The number of nitrogens with zero attached hydrogens (tertiary/aromatic N) is 5. The molecule has 0 fully saturated rings. The molecule has 0 N–H and O–H groups in total. The predicted molar refractivity (Wildman–Crippen MR) is 98.5 cm³/mol. The van der Waals surface area contributed by atoms with Gasteiger partial charge in [0, 0.05) is 18.9 Å². The number of anilines is 1. The Labute approximate surface area is 150 Å². The number of halogens is 2. The maximum absolute atomic E-state index is 13.7. The largest absolute Gasteiger partial charge is 0.345 e. The Bertz CT molecular complexity index is 891. The number of allylic oxidation sites excluding steroid dienone is 1. The van der Waals surface area contributed by atoms with Crippen LogP contribution >= 0.6 is 0 Å². The van der Waals surface area contributed by atoms with Crippen molar-refractivity contribution >= 4 is 18.4 Å². The topological polar surface area (TPSA) is 53.7 Å². The number of amidine groups is 1. The van der Waals surface area contributed by atoms with Crippen LogP contribution in [0.4, 0.5) is 14.6 Å². The molecule has 0 saturated heterocycles. The minimum absolute atomic E-state index is 0.0875. The van der Waals surface area contributed by atoms with E-state index in [9.17, 15) is 8.78 Å². The first-order chi connectivity index (χ1) is 12.6. The van der Waals surface area contributed by atoms with Gasteiger partial charge in [0.15, 0.2) is 23.3 Å². The van der Waals surface area contributed by atoms with E-state index in [0.29, 0.717) is 24.0 Å². The first kappa shape index (κ1) is 17.8. The number of hydrogen-bond acceptors (Lipinski definition) is 4. The SMILES string of the molecule is C=N/C(=N\C=C/C)c1nccc(N2Cc3cc(F)c(F)cc3C2CC)n1. The Kier molecular flexibility index (Phi) is 5.16. The Morgan fingerprint density at radius 1 is 1.38 bits per heavy atom. The van der Waals surface area contributed by atoms with Gasteiger partial charge in [0.25, 0.3) is 0 Å². The van der Waals surface area contributed by atoms with E-state index >= 15 is 0 Å². The van der Waals surface area contributed by atoms with Crippen LogP contribution in [-0.2, 0) is 6.54 Å². The number of aliphatic imine (C=N–C) groups is 2. The molecule has 5 nitrogen and oxygen atoms in total. The highest BCUT2D eigenvalue weighted by molar-refractivity contribution is 5.98. The molecule has 2 aromatic rings. The number of fused-ring (bicyclic) bond motifs is 1. The highest BCUT2D eigenvalue weighted by Gasteiger charge is 2.31. The van der Waals surface area contributed by atoms with Crippen molar-refractivity contribution in [3.05, 3.63) is 65.3 Å². The average molecular weight is 355 g/mol. The number of benzene rings is 1. The Hall–Kier alpha value is -2.96. The molecule has 1 aliphatic rings. The maximum Gasteiger partial charge on any atom is 0.199 e. The highest BCUT2D eigenvalue weighted by atomic mass is 19.2. The summed E-state index contributed by atoms with van der Waals surface area (Å²) in [6.45, 7) is 7.80. The van der Waals surface area contributed by atoms with E-state index < -0.39 is 11.6 Å². The van der Waals surface area contributed by atoms with E-state index in [1.807, 2.05) is 18.7 Å². The van der Waals surface area contributed by atoms with Gasteiger partial charge in [0.1, 0.15) is 5.82 Å². The molecule has 0 bridgehead atoms. The normalized spacial score (nSPS) is 17.0. The van der Waals surface area contributed by atoms with Gasteiger partial charge in [-0.2, -0.15) is 0 Å². The van der Waals surface area contributed by atoms with Crippen LogP contribution < -0.4 is 4.90 Å². The first-order valence-corrected chi connectivity index (χ1v) is 8.32. The molecule has 1 aliphatic heterocycles. The van der Waals surface area contributed by atoms with Gasteiger partial charge >= 0.3 is 0 Å². The Balaban J connectivity index is 1.99. The lowest BCUT2D eigenvalue weighted by molar-refractivity contribution is 0.505. The number of rotatable bonds is 4. The summed E-state index contributed by atoms with van der Waals surface area (Å²) in [4.78, 5) is 18.8. The van der Waals surface area contributed by atoms with Crippen LogP contribution in [-0.4, -0.2) is 22.5 Å². The standard InChI is InChI=1S/C19H19F2N5/c1-4-7-23-18(22-3)19-24-8-6-17(25-19)26-11-12-9-14(20)15(21)10-13(12)16(26)5-2/h4,6-10,16H,3,5,11H2,1-2H3/b7-4-,23-18-. The molecule has 0 radical (unpaired) electrons. The van der Waals surface area contributed by atoms with Crippen LogP contribution in [0.15, 0.2) is 46.7 Å². The third-order valence-corrected chi connectivity index (χ3v) is 4.28. The molecular formula is C19H19F2N5. The van der Waals surface area contributed by atoms with Crippen LogP contribution in [0.3, 0.4) is 0 Å². The van der Waals surface area contributed by atoms with Gasteiger partial charge in [-0.15, -0.1) is 0 Å². The summed E-state index contributed by atoms with van der Waals surface area (Å²) >= 11 is 0. The summed E-state index contributed by atoms with van der Waals surface area (Å²) in [5.74, 6) is -0.356. The van der Waals surface area contributed by atoms with Crippen molar-refractivity contribution in [3.8, 4) is 0 Å². The number of hydrogen-bond donors (Lipinski definition) is 0. The molecule has 3 rings (SSSR count). The third kappa shape index (κ3) is 3.24. The van der Waals surface area contributed by atoms with E-state index in [0.717, 1.165) is 17.5 Å². The van der Waals surface area contributed by atoms with Gasteiger partial charge in [0.05, 0.1) is 6.04 Å². The summed E-state index contributed by atoms with van der Waals surface area (Å²) in [5.41, 5.74) is 1.55. The zero-order valence-corrected chi connectivity index (χ0v) is 14.7. The molecule has 1 aromatic heterocycles. The minimum atomic E-state index is -0.833. The van der Waals surface area contributed by atoms with E-state index in [1.54, 1.807) is 24.5 Å². The molecule has 0 spiro atoms. The quantitative estimate of drug-likeness (QED) is 0.610. The molecule has 0 saturated carbocycles. The van der Waals surface area contributed by atoms with E-state index in [1.165, 1.54) is 12.1 Å². The molecular weight excluding hydrogens is 336 g/mol. The highest BCUT2D eigenvalue weighted by Crippen LogP contribution is 2.39. The fraction of sp³-hybridized carbons (Fsp3) is 0.263. The summed E-state index contributed by atoms with van der Waals surface area (Å²) in [7, 11) is 0. The lowest BCUT2D eigenvalue weighted by atomic mass is 10.0. The van der Waals surface area contributed by atoms with Gasteiger partial charge in [-0.3, -0.25) is 0 Å². The summed E-state index contributed by atoms with van der Waals surface area (Å²) in [5, 5.41) is 0. The number of aromatic nitrogens is 2. The predicted octanol–water partition coefficient (Wildman–Crippen LogP) is 4.21. The second kappa shape index (κ2) is 7.51. The second-order valence-corrected chi connectivity index (χ2v) is 5.85. The summed E-state index contributed by atoms with van der Waals surface area (Å²) in [6.07, 6.45) is 5.70. The molecule has 1 atom stereocenters. The van der Waals surface area contributed by atoms with Gasteiger partial charge in [-0.05, 0) is 49.4 Å². The zero-order chi connectivity index (χ0) is 18.7. The molecule has 1 unspecified atom stereocenters. The zero-order valence-electron chi connectivity index (χ0n) is 14.7. The van der Waals surface area contributed by atoms with Crippen molar-refractivity contribution in [2.75, 3.05) is 4.90 Å². The van der Waals surface area contributed by atoms with Crippen molar-refractivity contribution in [2.24, 2.45) is 9.98 Å². The van der Waals surface area contributed by atoms with Crippen molar-refractivity contribution in [1.82, 2.24) is 9.97 Å². The smallest absolute Gasteiger partial charge is 0.199 e. The van der Waals surface area contributed by atoms with Crippen molar-refractivity contribution in [1.29, 1.82) is 0 Å². The van der Waals surface area contributed by atoms with Gasteiger partial charge in [-0.25, -0.2) is 28.7 Å². The van der Waals surface area contributed by atoms with E-state index in [-0.39, 0.29) is 6.04 Å². The molecule has 0 aliphatic carbocycles. The maximum atomic E-state index is 13.7. The fourth-order valence-electron chi connectivity index (χ4n) is 3.12. The van der Waals surface area contributed by atoms with Crippen molar-refractivity contribution < 1.29 is 8.78 Å². The molecule has 134 valence electrons. The van der Waals surface area contributed by atoms with Crippen molar-refractivity contribution in [3.63, 3.8) is 0 Å². The Morgan fingerprint density at radius 2 is 2.15 bits per heavy atom. The summed E-state index contributed by atoms with van der Waals surface area (Å²) in [6, 6.07) is 4.22. The van der Waals surface area contributed by atoms with Gasteiger partial charge in [0.2, 0.25) is 0 Å². The van der Waals surface area contributed by atoms with Crippen LogP contribution in [0.5, 0.6) is 0 Å². The molecule has 26 heavy (non-hydrogen) atoms. The molecule has 2 heterocycles. The lowest BCUT2D eigenvalue weighted by Crippen LogP contribution is -2.23. The van der Waals surface area contributed by atoms with Gasteiger partial charge < -0.3 is 4.90 Å². The molecule has 7 heteroatoms. The van der Waals surface area contributed by atoms with Crippen LogP contribution in [0.1, 0.15) is 43.3 Å². The van der Waals surface area contributed by atoms with E-state index in [2.05, 4.69) is 26.7 Å². The first-order valence-electron chi connectivity index (χ1n) is 8.32. The lowest BCUT2D eigenvalue weighted by Gasteiger charge is -2.25. The van der Waals surface area contributed by atoms with Crippen LogP contribution in [0.25, 0.3) is 0 Å². The van der Waals surface area contributed by atoms with Crippen LogP contribution in [0.2, 0.25) is 0 Å². The molecule has 0 amide bonds. The summed E-state index contributed by atoms with van der Waals surface area (Å²) < 4.78 is 27.3. The van der Waals surface area contributed by atoms with Crippen molar-refractivity contribution in [2.45, 2.75) is 32.9 Å². The monoisotopic (exact) mass is 355 g/mol. The minimum Gasteiger partial charge on any atom is -0.345 e.